The largest absolute Gasteiger partial charge is 0.297 e. The quantitative estimate of drug-likeness (QED) is 0.863. The van der Waals surface area contributed by atoms with Gasteiger partial charge in [-0.3, -0.25) is 4.90 Å². The van der Waals surface area contributed by atoms with Crippen molar-refractivity contribution < 1.29 is 0 Å². The Morgan fingerprint density at radius 2 is 2.33 bits per heavy atom. The van der Waals surface area contributed by atoms with Crippen LogP contribution in [-0.2, 0) is 6.54 Å². The standard InChI is InChI=1S/C13H17N3S2/c1-10-12(18-9-15-10)8-16-5-2-3-11(7-16)13-14-4-6-17-13/h4,6,9,11H,2-3,5,7-8H2,1H3/t11-/m1/s1. The lowest BCUT2D eigenvalue weighted by Gasteiger charge is -2.31. The average molecular weight is 279 g/mol. The van der Waals surface area contributed by atoms with Crippen molar-refractivity contribution in [2.24, 2.45) is 0 Å². The number of hydrogen-bond donors (Lipinski definition) is 0. The highest BCUT2D eigenvalue weighted by atomic mass is 32.1. The number of piperidine rings is 1. The third kappa shape index (κ3) is 2.63. The maximum absolute atomic E-state index is 4.47. The van der Waals surface area contributed by atoms with Crippen LogP contribution in [0.3, 0.4) is 0 Å². The summed E-state index contributed by atoms with van der Waals surface area (Å²) in [5.74, 6) is 0.631. The van der Waals surface area contributed by atoms with Gasteiger partial charge < -0.3 is 0 Å². The summed E-state index contributed by atoms with van der Waals surface area (Å²) in [7, 11) is 0. The smallest absolute Gasteiger partial charge is 0.0968 e. The van der Waals surface area contributed by atoms with Crippen LogP contribution in [0.5, 0.6) is 0 Å². The van der Waals surface area contributed by atoms with Crippen molar-refractivity contribution in [1.29, 1.82) is 0 Å². The summed E-state index contributed by atoms with van der Waals surface area (Å²) in [6, 6.07) is 0. The molecule has 3 nitrogen and oxygen atoms in total. The number of rotatable bonds is 3. The highest BCUT2D eigenvalue weighted by Gasteiger charge is 2.23. The lowest BCUT2D eigenvalue weighted by molar-refractivity contribution is 0.201. The van der Waals surface area contributed by atoms with E-state index in [4.69, 9.17) is 0 Å². The molecule has 5 heteroatoms. The predicted molar refractivity (Wildman–Crippen MR) is 76.2 cm³/mol. The Morgan fingerprint density at radius 1 is 1.39 bits per heavy atom. The van der Waals surface area contributed by atoms with Crippen molar-refractivity contribution in [2.45, 2.75) is 32.2 Å². The Labute approximate surface area is 116 Å². The molecule has 0 spiro atoms. The summed E-state index contributed by atoms with van der Waals surface area (Å²) in [6.07, 6.45) is 4.49. The molecule has 0 N–H and O–H groups in total. The maximum atomic E-state index is 4.47. The summed E-state index contributed by atoms with van der Waals surface area (Å²) in [4.78, 5) is 12.8. The predicted octanol–water partition coefficient (Wildman–Crippen LogP) is 3.29. The van der Waals surface area contributed by atoms with Gasteiger partial charge in [-0.15, -0.1) is 22.7 Å². The Hall–Kier alpha value is -0.780. The number of likely N-dealkylation sites (tertiary alicyclic amines) is 1. The van der Waals surface area contributed by atoms with Crippen molar-refractivity contribution in [3.8, 4) is 0 Å². The van der Waals surface area contributed by atoms with Crippen LogP contribution in [0.25, 0.3) is 0 Å². The van der Waals surface area contributed by atoms with E-state index in [-0.39, 0.29) is 0 Å². The molecule has 3 rings (SSSR count). The van der Waals surface area contributed by atoms with Gasteiger partial charge in [0, 0.05) is 35.5 Å². The second kappa shape index (κ2) is 5.47. The van der Waals surface area contributed by atoms with Crippen LogP contribution in [0.4, 0.5) is 0 Å². The zero-order chi connectivity index (χ0) is 12.4. The number of aryl methyl sites for hydroxylation is 1. The fourth-order valence-corrected chi connectivity index (χ4v) is 4.10. The zero-order valence-corrected chi connectivity index (χ0v) is 12.1. The van der Waals surface area contributed by atoms with Gasteiger partial charge in [0.15, 0.2) is 0 Å². The highest BCUT2D eigenvalue weighted by Crippen LogP contribution is 2.29. The van der Waals surface area contributed by atoms with E-state index in [1.54, 1.807) is 22.7 Å². The van der Waals surface area contributed by atoms with Crippen LogP contribution in [0.15, 0.2) is 17.1 Å². The van der Waals surface area contributed by atoms with E-state index in [1.807, 2.05) is 11.7 Å². The Balaban J connectivity index is 1.66. The monoisotopic (exact) mass is 279 g/mol. The normalized spacial score (nSPS) is 21.3. The molecule has 0 bridgehead atoms. The molecule has 1 saturated heterocycles. The molecule has 1 fully saturated rings. The summed E-state index contributed by atoms with van der Waals surface area (Å²) < 4.78 is 0. The minimum atomic E-state index is 0.631. The van der Waals surface area contributed by atoms with E-state index in [0.717, 1.165) is 13.1 Å². The van der Waals surface area contributed by atoms with E-state index < -0.39 is 0 Å². The molecule has 0 aromatic carbocycles. The molecular weight excluding hydrogens is 262 g/mol. The topological polar surface area (TPSA) is 29.0 Å². The van der Waals surface area contributed by atoms with Crippen LogP contribution in [0, 0.1) is 6.92 Å². The molecule has 0 unspecified atom stereocenters. The van der Waals surface area contributed by atoms with Crippen molar-refractivity contribution >= 4 is 22.7 Å². The van der Waals surface area contributed by atoms with Crippen LogP contribution >= 0.6 is 22.7 Å². The third-order valence-electron chi connectivity index (χ3n) is 3.52. The summed E-state index contributed by atoms with van der Waals surface area (Å²) >= 11 is 3.57. The second-order valence-corrected chi connectivity index (χ2v) is 6.67. The SMILES string of the molecule is Cc1ncsc1CN1CCC[C@@H](c2nccs2)C1. The highest BCUT2D eigenvalue weighted by molar-refractivity contribution is 7.09. The molecule has 2 aromatic heterocycles. The van der Waals surface area contributed by atoms with E-state index in [2.05, 4.69) is 27.2 Å². The molecule has 0 radical (unpaired) electrons. The van der Waals surface area contributed by atoms with Crippen LogP contribution in [0.2, 0.25) is 0 Å². The van der Waals surface area contributed by atoms with Gasteiger partial charge in [-0.2, -0.15) is 0 Å². The van der Waals surface area contributed by atoms with Crippen molar-refractivity contribution in [1.82, 2.24) is 14.9 Å². The molecule has 2 aromatic rings. The molecule has 0 aliphatic carbocycles. The molecule has 1 aliphatic heterocycles. The van der Waals surface area contributed by atoms with Gasteiger partial charge in [-0.05, 0) is 26.3 Å². The molecule has 96 valence electrons. The van der Waals surface area contributed by atoms with Crippen LogP contribution < -0.4 is 0 Å². The minimum absolute atomic E-state index is 0.631. The average Bonchev–Trinajstić information content (AvgIpc) is 3.02. The first-order valence-corrected chi connectivity index (χ1v) is 8.09. The van der Waals surface area contributed by atoms with Gasteiger partial charge in [0.05, 0.1) is 16.2 Å². The first-order valence-electron chi connectivity index (χ1n) is 6.33. The first-order chi connectivity index (χ1) is 8.83. The van der Waals surface area contributed by atoms with Crippen LogP contribution in [-0.4, -0.2) is 28.0 Å². The first kappa shape index (κ1) is 12.3. The molecule has 18 heavy (non-hydrogen) atoms. The molecule has 1 atom stereocenters. The molecule has 0 saturated carbocycles. The number of aromatic nitrogens is 2. The minimum Gasteiger partial charge on any atom is -0.297 e. The van der Waals surface area contributed by atoms with Gasteiger partial charge in [0.1, 0.15) is 0 Å². The molecule has 3 heterocycles. The van der Waals surface area contributed by atoms with E-state index in [0.29, 0.717) is 5.92 Å². The van der Waals surface area contributed by atoms with Crippen molar-refractivity contribution in [3.05, 3.63) is 32.7 Å². The van der Waals surface area contributed by atoms with E-state index in [9.17, 15) is 0 Å². The number of nitrogens with zero attached hydrogens (tertiary/aromatic N) is 3. The van der Waals surface area contributed by atoms with Gasteiger partial charge in [0.25, 0.3) is 0 Å². The number of thiazole rings is 2. The maximum Gasteiger partial charge on any atom is 0.0968 e. The fraction of sp³-hybridized carbons (Fsp3) is 0.538. The van der Waals surface area contributed by atoms with Gasteiger partial charge >= 0.3 is 0 Å². The third-order valence-corrected chi connectivity index (χ3v) is 5.38. The molecule has 0 amide bonds. The molecular formula is C13H17N3S2. The van der Waals surface area contributed by atoms with E-state index >= 15 is 0 Å². The summed E-state index contributed by atoms with van der Waals surface area (Å²) in [5, 5.41) is 3.39. The van der Waals surface area contributed by atoms with E-state index in [1.165, 1.54) is 35.0 Å². The lowest BCUT2D eigenvalue weighted by Crippen LogP contribution is -2.33. The summed E-state index contributed by atoms with van der Waals surface area (Å²) in [5.41, 5.74) is 3.14. The molecule has 1 aliphatic rings. The van der Waals surface area contributed by atoms with Crippen molar-refractivity contribution in [2.75, 3.05) is 13.1 Å². The zero-order valence-electron chi connectivity index (χ0n) is 10.5. The Morgan fingerprint density at radius 3 is 3.06 bits per heavy atom. The van der Waals surface area contributed by atoms with Gasteiger partial charge in [-0.25, -0.2) is 9.97 Å². The Bertz CT molecular complexity index is 492. The summed E-state index contributed by atoms with van der Waals surface area (Å²) in [6.45, 7) is 5.51. The van der Waals surface area contributed by atoms with Crippen LogP contribution in [0.1, 0.15) is 34.3 Å². The van der Waals surface area contributed by atoms with Gasteiger partial charge in [-0.1, -0.05) is 0 Å². The van der Waals surface area contributed by atoms with Crippen molar-refractivity contribution in [3.63, 3.8) is 0 Å². The Kier molecular flexibility index (Phi) is 3.72. The number of hydrogen-bond acceptors (Lipinski definition) is 5. The second-order valence-electron chi connectivity index (χ2n) is 4.81. The van der Waals surface area contributed by atoms with Gasteiger partial charge in [0.2, 0.25) is 0 Å². The lowest BCUT2D eigenvalue weighted by atomic mass is 9.99. The fourth-order valence-electron chi connectivity index (χ4n) is 2.52.